The van der Waals surface area contributed by atoms with Gasteiger partial charge in [-0.15, -0.1) is 0 Å². The minimum Gasteiger partial charge on any atom is -0.290 e. The second-order valence-electron chi connectivity index (χ2n) is 8.63. The maximum Gasteiger partial charge on any atom is 0.178 e. The molecule has 0 amide bonds. The lowest BCUT2D eigenvalue weighted by Gasteiger charge is -2.57. The van der Waals surface area contributed by atoms with Gasteiger partial charge in [0.15, 0.2) is 5.78 Å². The first-order chi connectivity index (χ1) is 9.95. The molecule has 0 aliphatic heterocycles. The van der Waals surface area contributed by atoms with Crippen LogP contribution in [0.1, 0.15) is 59.3 Å². The van der Waals surface area contributed by atoms with Gasteiger partial charge in [-0.25, -0.2) is 0 Å². The number of fused-ring (bicyclic) bond motifs is 5. The molecule has 0 aromatic heterocycles. The van der Waals surface area contributed by atoms with Gasteiger partial charge in [0, 0.05) is 5.41 Å². The number of allylic oxidation sites excluding steroid dienone is 4. The van der Waals surface area contributed by atoms with Gasteiger partial charge in [0.05, 0.1) is 0 Å². The topological polar surface area (TPSA) is 17.1 Å². The molecular weight excluding hydrogens is 256 g/mol. The second kappa shape index (κ2) is 4.33. The van der Waals surface area contributed by atoms with E-state index in [9.17, 15) is 4.79 Å². The van der Waals surface area contributed by atoms with Crippen LogP contribution >= 0.6 is 0 Å². The summed E-state index contributed by atoms with van der Waals surface area (Å²) < 4.78 is 0. The number of hydrogen-bond acceptors (Lipinski definition) is 1. The number of hydrogen-bond donors (Lipinski definition) is 0. The van der Waals surface area contributed by atoms with E-state index in [1.165, 1.54) is 37.7 Å². The number of carbonyl (C=O) groups is 1. The Morgan fingerprint density at radius 2 is 1.90 bits per heavy atom. The van der Waals surface area contributed by atoms with Gasteiger partial charge in [-0.3, -0.25) is 4.79 Å². The smallest absolute Gasteiger partial charge is 0.178 e. The molecule has 0 aromatic carbocycles. The fraction of sp³-hybridized carbons (Fsp3) is 0.750. The van der Waals surface area contributed by atoms with Crippen LogP contribution in [0.5, 0.6) is 0 Å². The molecule has 0 saturated heterocycles. The monoisotopic (exact) mass is 284 g/mol. The number of carbonyl (C=O) groups excluding carboxylic acids is 1. The highest BCUT2D eigenvalue weighted by atomic mass is 16.1. The lowest BCUT2D eigenvalue weighted by Crippen LogP contribution is -2.49. The third-order valence-corrected chi connectivity index (χ3v) is 8.03. The molecule has 0 spiro atoms. The molecule has 0 N–H and O–H groups in total. The highest BCUT2D eigenvalue weighted by Gasteiger charge is 2.57. The zero-order valence-corrected chi connectivity index (χ0v) is 13.7. The first kappa shape index (κ1) is 13.8. The van der Waals surface area contributed by atoms with Gasteiger partial charge in [0.25, 0.3) is 0 Å². The largest absolute Gasteiger partial charge is 0.290 e. The lowest BCUT2D eigenvalue weighted by atomic mass is 9.48. The molecule has 0 heterocycles. The van der Waals surface area contributed by atoms with Crippen LogP contribution in [0.3, 0.4) is 0 Å². The van der Waals surface area contributed by atoms with Crippen molar-refractivity contribution < 1.29 is 4.79 Å². The van der Waals surface area contributed by atoms with Gasteiger partial charge < -0.3 is 0 Å². The lowest BCUT2D eigenvalue weighted by molar-refractivity contribution is -0.111. The highest BCUT2D eigenvalue weighted by molar-refractivity contribution is 6.01. The summed E-state index contributed by atoms with van der Waals surface area (Å²) in [6, 6.07) is 0. The predicted molar refractivity (Wildman–Crippen MR) is 85.8 cm³/mol. The van der Waals surface area contributed by atoms with Gasteiger partial charge in [0.2, 0.25) is 0 Å². The Kier molecular flexibility index (Phi) is 2.85. The molecule has 3 saturated carbocycles. The molecule has 3 unspecified atom stereocenters. The summed E-state index contributed by atoms with van der Waals surface area (Å²) in [6.07, 6.45) is 14.1. The number of ketones is 1. The van der Waals surface area contributed by atoms with Crippen LogP contribution in [0, 0.1) is 34.5 Å². The molecular formula is C20H28O. The summed E-state index contributed by atoms with van der Waals surface area (Å²) in [6.45, 7) is 7.45. The molecule has 4 rings (SSSR count). The zero-order chi connectivity index (χ0) is 14.8. The third kappa shape index (κ3) is 1.72. The van der Waals surface area contributed by atoms with Crippen LogP contribution in [0.2, 0.25) is 0 Å². The molecule has 114 valence electrons. The van der Waals surface area contributed by atoms with E-state index in [-0.39, 0.29) is 11.2 Å². The van der Waals surface area contributed by atoms with Gasteiger partial charge in [-0.1, -0.05) is 32.4 Å². The van der Waals surface area contributed by atoms with Gasteiger partial charge >= 0.3 is 0 Å². The van der Waals surface area contributed by atoms with Crippen molar-refractivity contribution in [2.45, 2.75) is 59.3 Å². The van der Waals surface area contributed by atoms with E-state index in [2.05, 4.69) is 26.8 Å². The summed E-state index contributed by atoms with van der Waals surface area (Å²) >= 11 is 0. The molecule has 6 atom stereocenters. The van der Waals surface area contributed by atoms with E-state index < -0.39 is 0 Å². The molecule has 1 heteroatoms. The van der Waals surface area contributed by atoms with Crippen LogP contribution in [0.15, 0.2) is 23.8 Å². The summed E-state index contributed by atoms with van der Waals surface area (Å²) in [5, 5.41) is 0. The van der Waals surface area contributed by atoms with E-state index in [1.807, 2.05) is 12.2 Å². The second-order valence-corrected chi connectivity index (χ2v) is 8.63. The van der Waals surface area contributed by atoms with Crippen LogP contribution in [0.25, 0.3) is 0 Å². The van der Waals surface area contributed by atoms with Crippen molar-refractivity contribution in [2.24, 2.45) is 34.5 Å². The highest BCUT2D eigenvalue weighted by Crippen LogP contribution is 2.65. The molecule has 3 fully saturated rings. The standard InChI is InChI=1S/C20H28O/c1-13-4-7-17-16-6-5-14-12-15(21)8-10-20(14,3)18(16)9-11-19(13,17)2/h8,10,12-13,16-18H,4-7,9,11H2,1-3H3/t13-,16?,17?,18?,19+,20-/m0/s1. The van der Waals surface area contributed by atoms with Crippen molar-refractivity contribution in [1.82, 2.24) is 0 Å². The van der Waals surface area contributed by atoms with Gasteiger partial charge in [-0.05, 0) is 79.8 Å². The van der Waals surface area contributed by atoms with Crippen molar-refractivity contribution in [3.63, 3.8) is 0 Å². The van der Waals surface area contributed by atoms with Crippen LogP contribution in [-0.2, 0) is 4.79 Å². The maximum absolute atomic E-state index is 11.7. The Morgan fingerprint density at radius 1 is 1.10 bits per heavy atom. The van der Waals surface area contributed by atoms with Gasteiger partial charge in [-0.2, -0.15) is 0 Å². The Hall–Kier alpha value is -0.850. The molecule has 0 aromatic rings. The summed E-state index contributed by atoms with van der Waals surface area (Å²) in [5.41, 5.74) is 2.18. The normalized spacial score (nSPS) is 52.0. The molecule has 21 heavy (non-hydrogen) atoms. The van der Waals surface area contributed by atoms with E-state index in [0.717, 1.165) is 30.1 Å². The van der Waals surface area contributed by atoms with Crippen molar-refractivity contribution in [3.8, 4) is 0 Å². The average Bonchev–Trinajstić information content (AvgIpc) is 2.76. The molecule has 4 aliphatic rings. The minimum atomic E-state index is 0.171. The van der Waals surface area contributed by atoms with Crippen LogP contribution in [-0.4, -0.2) is 5.78 Å². The average molecular weight is 284 g/mol. The van der Waals surface area contributed by atoms with Crippen molar-refractivity contribution in [1.29, 1.82) is 0 Å². The summed E-state index contributed by atoms with van der Waals surface area (Å²) in [7, 11) is 0. The first-order valence-corrected chi connectivity index (χ1v) is 8.89. The Morgan fingerprint density at radius 3 is 2.71 bits per heavy atom. The fourth-order valence-electron chi connectivity index (χ4n) is 6.46. The SMILES string of the molecule is C[C@H]1CCC2C3CCC4=CC(=O)C=C[C@]4(C)C3CC[C@@]21C. The van der Waals surface area contributed by atoms with Crippen LogP contribution < -0.4 is 0 Å². The third-order valence-electron chi connectivity index (χ3n) is 8.03. The van der Waals surface area contributed by atoms with Crippen molar-refractivity contribution >= 4 is 5.78 Å². The first-order valence-electron chi connectivity index (χ1n) is 8.89. The van der Waals surface area contributed by atoms with Crippen molar-refractivity contribution in [3.05, 3.63) is 23.8 Å². The summed E-state index contributed by atoms with van der Waals surface area (Å²) in [5.74, 6) is 3.68. The molecule has 0 radical (unpaired) electrons. The van der Waals surface area contributed by atoms with E-state index in [1.54, 1.807) is 0 Å². The summed E-state index contributed by atoms with van der Waals surface area (Å²) in [4.78, 5) is 11.7. The Labute approximate surface area is 128 Å². The quantitative estimate of drug-likeness (QED) is 0.616. The molecule has 1 nitrogen and oxygen atoms in total. The fourth-order valence-corrected chi connectivity index (χ4v) is 6.46. The number of rotatable bonds is 0. The van der Waals surface area contributed by atoms with Crippen LogP contribution in [0.4, 0.5) is 0 Å². The maximum atomic E-state index is 11.7. The van der Waals surface area contributed by atoms with E-state index in [0.29, 0.717) is 5.41 Å². The van der Waals surface area contributed by atoms with E-state index in [4.69, 9.17) is 0 Å². The minimum absolute atomic E-state index is 0.171. The Balaban J connectivity index is 1.70. The van der Waals surface area contributed by atoms with E-state index >= 15 is 0 Å². The van der Waals surface area contributed by atoms with Gasteiger partial charge in [0.1, 0.15) is 0 Å². The molecule has 4 aliphatic carbocycles. The molecule has 0 bridgehead atoms. The predicted octanol–water partition coefficient (Wildman–Crippen LogP) is 4.93. The van der Waals surface area contributed by atoms with Crippen molar-refractivity contribution in [2.75, 3.05) is 0 Å². The Bertz CT molecular complexity index is 542. The zero-order valence-electron chi connectivity index (χ0n) is 13.7.